The van der Waals surface area contributed by atoms with E-state index in [0.717, 1.165) is 56.1 Å². The number of fused-ring (bicyclic) bond motifs is 11. The summed E-state index contributed by atoms with van der Waals surface area (Å²) in [5.41, 5.74) is 16.9. The minimum absolute atomic E-state index is 0.484. The summed E-state index contributed by atoms with van der Waals surface area (Å²) in [7, 11) is 0. The first kappa shape index (κ1) is 43.0. The fourth-order valence-electron chi connectivity index (χ4n) is 11.5. The summed E-state index contributed by atoms with van der Waals surface area (Å²) in [6.07, 6.45) is -0.484. The average molecular weight is 976 g/mol. The van der Waals surface area contributed by atoms with E-state index in [1.807, 2.05) is 11.3 Å². The van der Waals surface area contributed by atoms with Crippen molar-refractivity contribution in [3.63, 3.8) is 0 Å². The Bertz CT molecular complexity index is 4580. The Labute approximate surface area is 437 Å². The molecular weight excluding hydrogens is 931 g/mol. The number of benzene rings is 11. The van der Waals surface area contributed by atoms with Crippen molar-refractivity contribution in [2.75, 3.05) is 0 Å². The second kappa shape index (κ2) is 17.6. The van der Waals surface area contributed by atoms with Gasteiger partial charge < -0.3 is 14.5 Å². The zero-order chi connectivity index (χ0) is 49.4. The van der Waals surface area contributed by atoms with Gasteiger partial charge in [0.1, 0.15) is 12.0 Å². The van der Waals surface area contributed by atoms with Crippen LogP contribution in [-0.4, -0.2) is 20.8 Å². The molecule has 3 aromatic heterocycles. The summed E-state index contributed by atoms with van der Waals surface area (Å²) in [6.45, 7) is 0. The van der Waals surface area contributed by atoms with Gasteiger partial charge in [0.25, 0.3) is 0 Å². The number of para-hydroxylation sites is 3. The van der Waals surface area contributed by atoms with Crippen LogP contribution in [0.5, 0.6) is 0 Å². The first-order valence-corrected chi connectivity index (χ1v) is 26.3. The maximum absolute atomic E-state index is 5.55. The lowest BCUT2D eigenvalue weighted by Gasteiger charge is -2.27. The van der Waals surface area contributed by atoms with Crippen molar-refractivity contribution in [3.05, 3.63) is 278 Å². The average Bonchev–Trinajstić information content (AvgIpc) is 4.17. The number of nitrogens with one attached hydrogen (secondary N) is 1. The highest BCUT2D eigenvalue weighted by atomic mass is 32.1. The van der Waals surface area contributed by atoms with E-state index in [4.69, 9.17) is 9.98 Å². The van der Waals surface area contributed by atoms with Crippen molar-refractivity contribution < 1.29 is 0 Å². The summed E-state index contributed by atoms with van der Waals surface area (Å²) in [6, 6.07) is 93.8. The third-order valence-corrected chi connectivity index (χ3v) is 16.3. The molecule has 0 saturated carbocycles. The minimum Gasteiger partial charge on any atom is -0.344 e. The van der Waals surface area contributed by atoms with Gasteiger partial charge in [-0.3, -0.25) is 0 Å². The van der Waals surface area contributed by atoms with E-state index in [1.54, 1.807) is 0 Å². The molecule has 0 aliphatic carbocycles. The van der Waals surface area contributed by atoms with Crippen LogP contribution in [0.4, 0.5) is 0 Å². The number of aliphatic imine (C=N–C) groups is 2. The SMILES string of the molecule is c1ccc(-c2ccc(C3=NC(c4ccccc4-n4c5ccccc5c5ccc6c7ccc8c9ccccc9n(-c9ccc(-c%10ccccc%10)cc9)c8c7sc6c54)NC(c4ccccc4-c4ccccc4)=N3)cc2)cc1. The van der Waals surface area contributed by atoms with Gasteiger partial charge in [-0.25, -0.2) is 9.98 Å². The molecule has 14 aromatic rings. The van der Waals surface area contributed by atoms with Crippen LogP contribution in [0.15, 0.2) is 271 Å². The Hall–Kier alpha value is -9.62. The van der Waals surface area contributed by atoms with Gasteiger partial charge in [0.05, 0.1) is 37.2 Å². The monoisotopic (exact) mass is 975 g/mol. The van der Waals surface area contributed by atoms with Crippen molar-refractivity contribution in [1.82, 2.24) is 14.5 Å². The van der Waals surface area contributed by atoms with Crippen LogP contribution < -0.4 is 5.32 Å². The second-order valence-electron chi connectivity index (χ2n) is 19.3. The molecule has 1 aliphatic rings. The molecule has 11 aromatic carbocycles. The first-order valence-electron chi connectivity index (χ1n) is 25.5. The van der Waals surface area contributed by atoms with Crippen molar-refractivity contribution >= 4 is 86.8 Å². The molecule has 0 bridgehead atoms. The van der Waals surface area contributed by atoms with E-state index in [0.29, 0.717) is 5.84 Å². The third kappa shape index (κ3) is 7.06. The fourth-order valence-corrected chi connectivity index (χ4v) is 12.9. The lowest BCUT2D eigenvalue weighted by atomic mass is 9.98. The molecule has 1 N–H and O–H groups in total. The van der Waals surface area contributed by atoms with E-state index < -0.39 is 6.17 Å². The van der Waals surface area contributed by atoms with Crippen LogP contribution >= 0.6 is 11.3 Å². The number of rotatable bonds is 8. The molecule has 5 nitrogen and oxygen atoms in total. The fraction of sp³-hybridized carbons (Fsp3) is 0.0145. The second-order valence-corrected chi connectivity index (χ2v) is 20.3. The zero-order valence-electron chi connectivity index (χ0n) is 40.6. The first-order chi connectivity index (χ1) is 37.2. The Morgan fingerprint density at radius 2 is 0.800 bits per heavy atom. The number of aromatic nitrogens is 2. The summed E-state index contributed by atoms with van der Waals surface area (Å²) < 4.78 is 7.49. The molecule has 1 unspecified atom stereocenters. The molecule has 352 valence electrons. The highest BCUT2D eigenvalue weighted by Gasteiger charge is 2.28. The number of hydrogen-bond donors (Lipinski definition) is 1. The van der Waals surface area contributed by atoms with Crippen LogP contribution in [-0.2, 0) is 0 Å². The number of thiophene rings is 1. The number of amidine groups is 2. The summed E-state index contributed by atoms with van der Waals surface area (Å²) in [5.74, 6) is 1.45. The van der Waals surface area contributed by atoms with E-state index in [9.17, 15) is 0 Å². The van der Waals surface area contributed by atoms with Crippen molar-refractivity contribution in [2.24, 2.45) is 9.98 Å². The molecule has 75 heavy (non-hydrogen) atoms. The van der Waals surface area contributed by atoms with Gasteiger partial charge in [-0.2, -0.15) is 0 Å². The van der Waals surface area contributed by atoms with Crippen LogP contribution in [0.3, 0.4) is 0 Å². The lowest BCUT2D eigenvalue weighted by molar-refractivity contribution is 0.671. The van der Waals surface area contributed by atoms with Gasteiger partial charge in [-0.05, 0) is 63.7 Å². The van der Waals surface area contributed by atoms with E-state index in [-0.39, 0.29) is 0 Å². The lowest BCUT2D eigenvalue weighted by Crippen LogP contribution is -2.34. The molecule has 15 rings (SSSR count). The van der Waals surface area contributed by atoms with Crippen molar-refractivity contribution in [3.8, 4) is 44.8 Å². The summed E-state index contributed by atoms with van der Waals surface area (Å²) in [4.78, 5) is 10.9. The Balaban J connectivity index is 0.938. The van der Waals surface area contributed by atoms with Crippen LogP contribution in [0.25, 0.3) is 109 Å². The van der Waals surface area contributed by atoms with Crippen LogP contribution in [0, 0.1) is 0 Å². The summed E-state index contributed by atoms with van der Waals surface area (Å²) in [5, 5.41) is 11.3. The van der Waals surface area contributed by atoms with Gasteiger partial charge >= 0.3 is 0 Å². The Morgan fingerprint density at radius 1 is 0.347 bits per heavy atom. The molecule has 0 saturated heterocycles. The topological polar surface area (TPSA) is 46.6 Å². The Kier molecular flexibility index (Phi) is 10.1. The molecule has 0 fully saturated rings. The van der Waals surface area contributed by atoms with Gasteiger partial charge in [-0.15, -0.1) is 11.3 Å². The predicted molar refractivity (Wildman–Crippen MR) is 316 cm³/mol. The molecule has 6 heteroatoms. The predicted octanol–water partition coefficient (Wildman–Crippen LogP) is 17.7. The molecular formula is C69H45N5S. The van der Waals surface area contributed by atoms with Crippen molar-refractivity contribution in [2.45, 2.75) is 6.17 Å². The van der Waals surface area contributed by atoms with Crippen LogP contribution in [0.1, 0.15) is 22.9 Å². The standard InChI is InChI=1S/C69H45N5S/c1-4-18-44(19-5-1)46-32-34-49(35-33-46)67-70-68(58-27-11-10-24-51(58)48-22-8-3-9-23-48)72-69(71-67)59-28-14-17-31-62(59)74-61-30-16-13-26-53(61)55-41-43-57-56-42-40-54-52-25-12-15-29-60(52)73(63(54)65(56)75-66(57)64(55)74)50-38-36-47(37-39-50)45-20-6-2-7-21-45/h1-43,69H,(H,70,71,72). The van der Waals surface area contributed by atoms with E-state index in [2.05, 4.69) is 275 Å². The summed E-state index contributed by atoms with van der Waals surface area (Å²) >= 11 is 1.90. The van der Waals surface area contributed by atoms with Gasteiger partial charge in [0, 0.05) is 54.7 Å². The molecule has 0 amide bonds. The van der Waals surface area contributed by atoms with Gasteiger partial charge in [0.2, 0.25) is 0 Å². The van der Waals surface area contributed by atoms with Crippen molar-refractivity contribution in [1.29, 1.82) is 0 Å². The quantitative estimate of drug-likeness (QED) is 0.162. The largest absolute Gasteiger partial charge is 0.344 e. The van der Waals surface area contributed by atoms with E-state index >= 15 is 0 Å². The molecule has 4 heterocycles. The number of hydrogen-bond acceptors (Lipinski definition) is 4. The minimum atomic E-state index is -0.484. The molecule has 0 spiro atoms. The number of nitrogens with zero attached hydrogens (tertiary/aromatic N) is 4. The van der Waals surface area contributed by atoms with Gasteiger partial charge in [-0.1, -0.05) is 231 Å². The van der Waals surface area contributed by atoms with Crippen LogP contribution in [0.2, 0.25) is 0 Å². The van der Waals surface area contributed by atoms with E-state index in [1.165, 1.54) is 75.0 Å². The highest BCUT2D eigenvalue weighted by Crippen LogP contribution is 2.48. The molecule has 0 radical (unpaired) electrons. The smallest absolute Gasteiger partial charge is 0.159 e. The molecule has 1 atom stereocenters. The Morgan fingerprint density at radius 3 is 1.43 bits per heavy atom. The highest BCUT2D eigenvalue weighted by molar-refractivity contribution is 7.27. The maximum Gasteiger partial charge on any atom is 0.159 e. The van der Waals surface area contributed by atoms with Gasteiger partial charge in [0.15, 0.2) is 5.84 Å². The third-order valence-electron chi connectivity index (χ3n) is 15.0. The normalized spacial score (nSPS) is 13.7. The maximum atomic E-state index is 5.55. The zero-order valence-corrected chi connectivity index (χ0v) is 41.4. The molecule has 1 aliphatic heterocycles.